The van der Waals surface area contributed by atoms with E-state index in [1.807, 2.05) is 0 Å². The average Bonchev–Trinajstić information content (AvgIpc) is 3.87. The predicted octanol–water partition coefficient (Wildman–Crippen LogP) is 18.5. The predicted molar refractivity (Wildman–Crippen MR) is 274 cm³/mol. The monoisotopic (exact) mass is 949 g/mol. The van der Waals surface area contributed by atoms with Crippen LogP contribution in [-0.4, -0.2) is 5.92 Å². The van der Waals surface area contributed by atoms with Gasteiger partial charge < -0.3 is 0 Å². The van der Waals surface area contributed by atoms with Gasteiger partial charge >= 0.3 is 385 Å². The van der Waals surface area contributed by atoms with Gasteiger partial charge in [0.05, 0.1) is 0 Å². The molecule has 0 heterocycles. The van der Waals surface area contributed by atoms with Crippen LogP contribution in [0.3, 0.4) is 0 Å². The van der Waals surface area contributed by atoms with Crippen LogP contribution in [0.5, 0.6) is 0 Å². The second-order valence-corrected chi connectivity index (χ2v) is 61.6. The van der Waals surface area contributed by atoms with E-state index >= 15 is 0 Å². The van der Waals surface area contributed by atoms with E-state index in [0.29, 0.717) is 11.8 Å². The summed E-state index contributed by atoms with van der Waals surface area (Å²) < 4.78 is 0.0629. The normalized spacial score (nSPS) is 16.6. The molecule has 0 N–H and O–H groups in total. The summed E-state index contributed by atoms with van der Waals surface area (Å²) in [6.07, 6.45) is 11.7. The fraction of sp³-hybridized carbons (Fsp3) is 0.310. The van der Waals surface area contributed by atoms with E-state index in [0.717, 1.165) is 38.5 Å². The molecule has 0 aromatic heterocycles. The van der Waals surface area contributed by atoms with Gasteiger partial charge in [0.25, 0.3) is 0 Å². The van der Waals surface area contributed by atoms with Crippen molar-refractivity contribution in [2.24, 2.45) is 0 Å². The summed E-state index contributed by atoms with van der Waals surface area (Å²) in [7, 11) is 18.3. The molecule has 6 aromatic carbocycles. The molecule has 0 fully saturated rings. The van der Waals surface area contributed by atoms with Crippen LogP contribution in [0.1, 0.15) is 133 Å². The first kappa shape index (κ1) is 45.1. The van der Waals surface area contributed by atoms with Crippen molar-refractivity contribution in [2.45, 2.75) is 112 Å². The van der Waals surface area contributed by atoms with Gasteiger partial charge in [0.15, 0.2) is 0 Å². The van der Waals surface area contributed by atoms with Crippen molar-refractivity contribution >= 4 is 35.1 Å². The molecule has 0 saturated carbocycles. The Balaban J connectivity index is 1.44. The van der Waals surface area contributed by atoms with Crippen molar-refractivity contribution < 1.29 is 15.6 Å². The average molecular weight is 952 g/mol. The van der Waals surface area contributed by atoms with Crippen LogP contribution in [0.4, 0.5) is 0 Å². The van der Waals surface area contributed by atoms with E-state index in [-0.39, 0.29) is 7.25 Å². The number of benzene rings is 6. The first-order valence-corrected chi connectivity index (χ1v) is 39.8. The third-order valence-corrected chi connectivity index (χ3v) is 66.1. The molecule has 62 heavy (non-hydrogen) atoms. The summed E-state index contributed by atoms with van der Waals surface area (Å²) >= 11 is -5.15. The third kappa shape index (κ3) is 7.89. The van der Waals surface area contributed by atoms with Crippen molar-refractivity contribution in [1.82, 2.24) is 0 Å². The summed E-state index contributed by atoms with van der Waals surface area (Å²) in [6, 6.07) is 50.0. The minimum absolute atomic E-state index is 0.0314. The molecule has 0 aliphatic heterocycles. The Morgan fingerprint density at radius 2 is 0.855 bits per heavy atom. The summed E-state index contributed by atoms with van der Waals surface area (Å²) in [5, 5.41) is 0. The number of halogens is 2. The standard InChI is InChI=1S/2C28H29.C2H7Si.2ClH.Zr/c2*1-4-5-11-21-18-23-16-17-25(22-12-7-6-8-13-22)28(27(23)19-21)26-15-10-9-14-24(26)20(2)3;1-3-2;;;/h2*6-10,12-20H,4-5,11H2,1-3H3;3H,1-2H3;2*1H;/q;;;;;+2/p-2. The maximum atomic E-state index is 9.17. The van der Waals surface area contributed by atoms with Crippen molar-refractivity contribution in [3.05, 3.63) is 178 Å². The first-order chi connectivity index (χ1) is 29.9. The van der Waals surface area contributed by atoms with Gasteiger partial charge in [-0.05, 0) is 0 Å². The zero-order valence-electron chi connectivity index (χ0n) is 38.2. The molecule has 0 radical (unpaired) electrons. The van der Waals surface area contributed by atoms with Gasteiger partial charge in [0.1, 0.15) is 0 Å². The fourth-order valence-corrected chi connectivity index (χ4v) is 42.6. The van der Waals surface area contributed by atoms with Crippen molar-refractivity contribution in [2.75, 3.05) is 0 Å². The molecule has 0 bridgehead atoms. The summed E-state index contributed by atoms with van der Waals surface area (Å²) in [6.45, 7) is 19.0. The molecule has 8 rings (SSSR count). The number of hydrogen-bond acceptors (Lipinski definition) is 0. The molecule has 2 aliphatic rings. The maximum absolute atomic E-state index is 9.17. The first-order valence-electron chi connectivity index (χ1n) is 23.5. The van der Waals surface area contributed by atoms with E-state index < -0.39 is 21.5 Å². The zero-order chi connectivity index (χ0) is 43.8. The second-order valence-electron chi connectivity index (χ2n) is 19.1. The quantitative estimate of drug-likeness (QED) is 0.0900. The zero-order valence-corrected chi connectivity index (χ0v) is 43.4. The number of unbranched alkanes of at least 4 members (excludes halogenated alkanes) is 2. The number of allylic oxidation sites excluding steroid dienone is 2. The van der Waals surface area contributed by atoms with Gasteiger partial charge in [-0.1, -0.05) is 0 Å². The Hall–Kier alpha value is -3.52. The summed E-state index contributed by atoms with van der Waals surface area (Å²) in [5.41, 5.74) is 21.5. The Morgan fingerprint density at radius 3 is 1.21 bits per heavy atom. The molecule has 319 valence electrons. The van der Waals surface area contributed by atoms with Crippen LogP contribution in [-0.2, 0) is 15.6 Å². The molecule has 2 unspecified atom stereocenters. The van der Waals surface area contributed by atoms with Crippen molar-refractivity contribution in [3.63, 3.8) is 0 Å². The van der Waals surface area contributed by atoms with Crippen LogP contribution in [0, 0.1) is 0 Å². The van der Waals surface area contributed by atoms with Crippen molar-refractivity contribution in [3.8, 4) is 44.5 Å². The van der Waals surface area contributed by atoms with Crippen LogP contribution in [0.25, 0.3) is 56.7 Å². The van der Waals surface area contributed by atoms with Crippen molar-refractivity contribution in [1.29, 1.82) is 0 Å². The Labute approximate surface area is 382 Å². The number of fused-ring (bicyclic) bond motifs is 2. The summed E-state index contributed by atoms with van der Waals surface area (Å²) in [5.74, 6) is -1.06. The van der Waals surface area contributed by atoms with Gasteiger partial charge in [-0.3, -0.25) is 0 Å². The van der Waals surface area contributed by atoms with E-state index in [1.54, 1.807) is 0 Å². The molecular weight excluding hydrogens is 887 g/mol. The number of rotatable bonds is 15. The van der Waals surface area contributed by atoms with Crippen LogP contribution < -0.4 is 0 Å². The Kier molecular flexibility index (Phi) is 13.5. The van der Waals surface area contributed by atoms with Crippen LogP contribution in [0.2, 0.25) is 13.1 Å². The Bertz CT molecular complexity index is 2460. The van der Waals surface area contributed by atoms with E-state index in [4.69, 9.17) is 0 Å². The second kappa shape index (κ2) is 18.5. The van der Waals surface area contributed by atoms with Crippen LogP contribution in [0.15, 0.2) is 145 Å². The van der Waals surface area contributed by atoms with Gasteiger partial charge in [-0.15, -0.1) is 0 Å². The van der Waals surface area contributed by atoms with Gasteiger partial charge in [-0.2, -0.15) is 0 Å². The Morgan fingerprint density at radius 1 is 0.484 bits per heavy atom. The molecule has 0 spiro atoms. The number of hydrogen-bond donors (Lipinski definition) is 0. The van der Waals surface area contributed by atoms with E-state index in [9.17, 15) is 17.0 Å². The molecular formula is C58H65Cl2SiZr. The third-order valence-electron chi connectivity index (χ3n) is 14.3. The fourth-order valence-electron chi connectivity index (χ4n) is 11.1. The molecule has 6 aromatic rings. The van der Waals surface area contributed by atoms with Crippen LogP contribution >= 0.6 is 17.0 Å². The van der Waals surface area contributed by atoms with Gasteiger partial charge in [-0.25, -0.2) is 0 Å². The molecule has 2 atom stereocenters. The summed E-state index contributed by atoms with van der Waals surface area (Å²) in [4.78, 5) is 0. The van der Waals surface area contributed by atoms with E-state index in [2.05, 4.69) is 200 Å². The molecule has 0 nitrogen and oxygen atoms in total. The molecule has 4 heteroatoms. The molecule has 2 aliphatic carbocycles. The van der Waals surface area contributed by atoms with Gasteiger partial charge in [0, 0.05) is 0 Å². The minimum atomic E-state index is -5.15. The topological polar surface area (TPSA) is 0 Å². The SMILES string of the molecule is CCCCC1=Cc2c(ccc(-c3ccccc3)c2-c2ccccc2C(C)C)[CH]1[Zr]([Cl])([Cl])([CH]1C(CCCC)=Cc2c1ccc(-c1ccccc1)c2-c1ccccc1C(C)C)[SiH](C)C. The van der Waals surface area contributed by atoms with E-state index in [1.165, 1.54) is 89.0 Å². The molecule has 0 saturated heterocycles. The van der Waals surface area contributed by atoms with Gasteiger partial charge in [0.2, 0.25) is 0 Å². The molecule has 0 amide bonds.